The molecule has 2 aromatic rings. The van der Waals surface area contributed by atoms with Gasteiger partial charge in [-0.1, -0.05) is 6.07 Å². The van der Waals surface area contributed by atoms with Crippen LogP contribution in [-0.4, -0.2) is 48.4 Å². The molecule has 1 fully saturated rings. The van der Waals surface area contributed by atoms with Gasteiger partial charge in [0.2, 0.25) is 0 Å². The molecule has 0 saturated carbocycles. The molecular formula is C24H32F2N2O2. The quantitative estimate of drug-likeness (QED) is 0.679. The molecule has 0 aromatic heterocycles. The standard InChI is InChI=1S/C24H32F2N2O2/c1-18(2)30-22-8-6-21(7-9-22)27(3)13-10-24(29)11-14-28(15-12-24)17-19-4-5-20(25)16-23(19)26/h4-9,16,18,29H,10-15,17H2,1-3H3. The van der Waals surface area contributed by atoms with E-state index in [1.165, 1.54) is 12.1 Å². The lowest BCUT2D eigenvalue weighted by molar-refractivity contribution is -0.0277. The van der Waals surface area contributed by atoms with Crippen LogP contribution in [-0.2, 0) is 6.54 Å². The highest BCUT2D eigenvalue weighted by molar-refractivity contribution is 5.48. The number of anilines is 1. The Balaban J connectivity index is 1.47. The molecule has 1 heterocycles. The fourth-order valence-corrected chi connectivity index (χ4v) is 3.82. The Morgan fingerprint density at radius 3 is 2.37 bits per heavy atom. The Labute approximate surface area is 178 Å². The summed E-state index contributed by atoms with van der Waals surface area (Å²) in [6, 6.07) is 11.7. The van der Waals surface area contributed by atoms with E-state index in [0.29, 0.717) is 44.5 Å². The molecule has 0 spiro atoms. The van der Waals surface area contributed by atoms with Gasteiger partial charge in [0.25, 0.3) is 0 Å². The highest BCUT2D eigenvalue weighted by Gasteiger charge is 2.32. The van der Waals surface area contributed by atoms with Crippen molar-refractivity contribution < 1.29 is 18.6 Å². The predicted octanol–water partition coefficient (Wildman–Crippen LogP) is 4.61. The molecule has 0 radical (unpaired) electrons. The second-order valence-corrected chi connectivity index (χ2v) is 8.57. The van der Waals surface area contributed by atoms with Crippen LogP contribution >= 0.6 is 0 Å². The molecular weight excluding hydrogens is 386 g/mol. The number of aliphatic hydroxyl groups is 1. The van der Waals surface area contributed by atoms with Crippen molar-refractivity contribution in [3.8, 4) is 5.75 Å². The van der Waals surface area contributed by atoms with E-state index in [-0.39, 0.29) is 6.10 Å². The van der Waals surface area contributed by atoms with Crippen molar-refractivity contribution >= 4 is 5.69 Å². The monoisotopic (exact) mass is 418 g/mol. The zero-order valence-corrected chi connectivity index (χ0v) is 18.1. The van der Waals surface area contributed by atoms with Gasteiger partial charge < -0.3 is 14.7 Å². The van der Waals surface area contributed by atoms with Gasteiger partial charge in [-0.2, -0.15) is 0 Å². The van der Waals surface area contributed by atoms with Crippen LogP contribution in [0.1, 0.15) is 38.7 Å². The normalized spacial score (nSPS) is 16.6. The number of rotatable bonds is 8. The SMILES string of the molecule is CC(C)Oc1ccc(N(C)CCC2(O)CCN(Cc3ccc(F)cc3F)CC2)cc1. The van der Waals surface area contributed by atoms with Crippen LogP contribution in [0.3, 0.4) is 0 Å². The molecule has 0 atom stereocenters. The molecule has 30 heavy (non-hydrogen) atoms. The van der Waals surface area contributed by atoms with Crippen LogP contribution in [0, 0.1) is 11.6 Å². The molecule has 0 aliphatic carbocycles. The second kappa shape index (κ2) is 9.75. The highest BCUT2D eigenvalue weighted by Crippen LogP contribution is 2.28. The summed E-state index contributed by atoms with van der Waals surface area (Å²) in [5.41, 5.74) is 0.859. The summed E-state index contributed by atoms with van der Waals surface area (Å²) in [5, 5.41) is 11.0. The van der Waals surface area contributed by atoms with E-state index >= 15 is 0 Å². The lowest BCUT2D eigenvalue weighted by atomic mass is 9.88. The van der Waals surface area contributed by atoms with Gasteiger partial charge in [-0.3, -0.25) is 4.90 Å². The minimum atomic E-state index is -0.715. The Morgan fingerprint density at radius 1 is 1.10 bits per heavy atom. The van der Waals surface area contributed by atoms with Gasteiger partial charge in [0.15, 0.2) is 0 Å². The van der Waals surface area contributed by atoms with Gasteiger partial charge in [-0.25, -0.2) is 8.78 Å². The van der Waals surface area contributed by atoms with Crippen LogP contribution in [0.2, 0.25) is 0 Å². The van der Waals surface area contributed by atoms with Crippen molar-refractivity contribution in [2.45, 2.75) is 51.4 Å². The van der Waals surface area contributed by atoms with Gasteiger partial charge in [0.05, 0.1) is 11.7 Å². The van der Waals surface area contributed by atoms with E-state index in [2.05, 4.69) is 9.80 Å². The van der Waals surface area contributed by atoms with Crippen LogP contribution in [0.15, 0.2) is 42.5 Å². The first-order valence-electron chi connectivity index (χ1n) is 10.6. The molecule has 1 saturated heterocycles. The summed E-state index contributed by atoms with van der Waals surface area (Å²) < 4.78 is 32.6. The van der Waals surface area contributed by atoms with Crippen molar-refractivity contribution in [3.63, 3.8) is 0 Å². The molecule has 4 nitrogen and oxygen atoms in total. The fraction of sp³-hybridized carbons (Fsp3) is 0.500. The van der Waals surface area contributed by atoms with E-state index in [1.807, 2.05) is 45.2 Å². The first-order chi connectivity index (χ1) is 14.2. The van der Waals surface area contributed by atoms with Crippen molar-refractivity contribution in [3.05, 3.63) is 59.7 Å². The number of halogens is 2. The first-order valence-corrected chi connectivity index (χ1v) is 10.6. The summed E-state index contributed by atoms with van der Waals surface area (Å²) >= 11 is 0. The number of nitrogens with zero attached hydrogens (tertiary/aromatic N) is 2. The zero-order valence-electron chi connectivity index (χ0n) is 18.1. The van der Waals surface area contributed by atoms with Crippen molar-refractivity contribution in [2.75, 3.05) is 31.6 Å². The molecule has 2 aromatic carbocycles. The van der Waals surface area contributed by atoms with Crippen molar-refractivity contribution in [2.24, 2.45) is 0 Å². The van der Waals surface area contributed by atoms with Crippen LogP contribution in [0.25, 0.3) is 0 Å². The van der Waals surface area contributed by atoms with Crippen LogP contribution < -0.4 is 9.64 Å². The van der Waals surface area contributed by atoms with E-state index in [4.69, 9.17) is 4.74 Å². The number of hydrogen-bond acceptors (Lipinski definition) is 4. The van der Waals surface area contributed by atoms with Gasteiger partial charge in [-0.05, 0) is 63.4 Å². The maximum absolute atomic E-state index is 13.9. The minimum Gasteiger partial charge on any atom is -0.491 e. The van der Waals surface area contributed by atoms with Crippen LogP contribution in [0.5, 0.6) is 5.75 Å². The molecule has 0 bridgehead atoms. The van der Waals surface area contributed by atoms with Gasteiger partial charge >= 0.3 is 0 Å². The largest absolute Gasteiger partial charge is 0.491 e. The number of ether oxygens (including phenoxy) is 1. The van der Waals surface area contributed by atoms with Crippen LogP contribution in [0.4, 0.5) is 14.5 Å². The minimum absolute atomic E-state index is 0.147. The van der Waals surface area contributed by atoms with E-state index in [9.17, 15) is 13.9 Å². The van der Waals surface area contributed by atoms with Crippen molar-refractivity contribution in [1.29, 1.82) is 0 Å². The molecule has 3 rings (SSSR count). The molecule has 1 aliphatic rings. The lowest BCUT2D eigenvalue weighted by Gasteiger charge is -2.39. The Hall–Kier alpha value is -2.18. The third-order valence-corrected chi connectivity index (χ3v) is 5.76. The van der Waals surface area contributed by atoms with E-state index in [1.54, 1.807) is 0 Å². The number of hydrogen-bond donors (Lipinski definition) is 1. The maximum Gasteiger partial charge on any atom is 0.130 e. The molecule has 1 N–H and O–H groups in total. The first kappa shape index (κ1) is 22.5. The molecule has 0 unspecified atom stereocenters. The summed E-state index contributed by atoms with van der Waals surface area (Å²) in [6.07, 6.45) is 2.11. The van der Waals surface area contributed by atoms with E-state index < -0.39 is 17.2 Å². The average molecular weight is 419 g/mol. The Kier molecular flexibility index (Phi) is 7.32. The van der Waals surface area contributed by atoms with Crippen molar-refractivity contribution in [1.82, 2.24) is 4.90 Å². The average Bonchev–Trinajstić information content (AvgIpc) is 2.70. The number of piperidine rings is 1. The van der Waals surface area contributed by atoms with Gasteiger partial charge in [-0.15, -0.1) is 0 Å². The summed E-state index contributed by atoms with van der Waals surface area (Å²) in [4.78, 5) is 4.25. The summed E-state index contributed by atoms with van der Waals surface area (Å²) in [7, 11) is 2.02. The molecule has 164 valence electrons. The van der Waals surface area contributed by atoms with Gasteiger partial charge in [0, 0.05) is 50.5 Å². The Morgan fingerprint density at radius 2 is 1.77 bits per heavy atom. The Bertz CT molecular complexity index is 818. The fourth-order valence-electron chi connectivity index (χ4n) is 3.82. The van der Waals surface area contributed by atoms with Gasteiger partial charge in [0.1, 0.15) is 17.4 Å². The highest BCUT2D eigenvalue weighted by atomic mass is 19.1. The molecule has 0 amide bonds. The summed E-state index contributed by atoms with van der Waals surface area (Å²) in [6.45, 7) is 6.57. The van der Waals surface area contributed by atoms with E-state index in [0.717, 1.165) is 24.0 Å². The lowest BCUT2D eigenvalue weighted by Crippen LogP contribution is -2.45. The molecule has 1 aliphatic heterocycles. The smallest absolute Gasteiger partial charge is 0.130 e. The molecule has 6 heteroatoms. The number of benzene rings is 2. The zero-order chi connectivity index (χ0) is 21.7. The predicted molar refractivity (Wildman–Crippen MR) is 116 cm³/mol. The number of likely N-dealkylation sites (tertiary alicyclic amines) is 1. The summed E-state index contributed by atoms with van der Waals surface area (Å²) in [5.74, 6) is -0.219. The second-order valence-electron chi connectivity index (χ2n) is 8.57. The maximum atomic E-state index is 13.9. The third-order valence-electron chi connectivity index (χ3n) is 5.76. The third kappa shape index (κ3) is 6.16. The topological polar surface area (TPSA) is 35.9 Å².